The first-order valence-corrected chi connectivity index (χ1v) is 6.93. The first-order valence-electron chi connectivity index (χ1n) is 5.49. The van der Waals surface area contributed by atoms with Crippen LogP contribution in [-0.4, -0.2) is 31.2 Å². The van der Waals surface area contributed by atoms with Crippen LogP contribution in [0.15, 0.2) is 17.0 Å². The predicted octanol–water partition coefficient (Wildman–Crippen LogP) is 1.58. The summed E-state index contributed by atoms with van der Waals surface area (Å²) < 4.78 is 38.7. The Morgan fingerprint density at radius 1 is 1.50 bits per heavy atom. The molecule has 20 heavy (non-hydrogen) atoms. The van der Waals surface area contributed by atoms with Crippen molar-refractivity contribution in [1.82, 2.24) is 4.31 Å². The van der Waals surface area contributed by atoms with E-state index < -0.39 is 26.5 Å². The minimum atomic E-state index is -4.00. The second-order valence-corrected chi connectivity index (χ2v) is 6.11. The van der Waals surface area contributed by atoms with E-state index in [2.05, 4.69) is 0 Å². The van der Waals surface area contributed by atoms with E-state index in [-0.39, 0.29) is 23.4 Å². The van der Waals surface area contributed by atoms with Crippen molar-refractivity contribution in [2.24, 2.45) is 0 Å². The van der Waals surface area contributed by atoms with E-state index in [9.17, 15) is 22.9 Å². The molecule has 0 saturated carbocycles. The van der Waals surface area contributed by atoms with Crippen LogP contribution in [0.3, 0.4) is 0 Å². The first kappa shape index (κ1) is 16.0. The van der Waals surface area contributed by atoms with Crippen molar-refractivity contribution < 1.29 is 17.7 Å². The number of halogens is 1. The van der Waals surface area contributed by atoms with E-state index in [1.54, 1.807) is 6.07 Å². The molecule has 0 unspecified atom stereocenters. The number of nitro groups is 1. The van der Waals surface area contributed by atoms with Gasteiger partial charge in [0, 0.05) is 26.1 Å². The largest absolute Gasteiger partial charge is 0.306 e. The number of nitro benzene ring substituents is 1. The molecule has 1 aromatic carbocycles. The zero-order valence-corrected chi connectivity index (χ0v) is 11.6. The average molecular weight is 301 g/mol. The van der Waals surface area contributed by atoms with E-state index in [0.29, 0.717) is 6.07 Å². The molecule has 0 fully saturated rings. The average Bonchev–Trinajstić information content (AvgIpc) is 2.38. The molecule has 0 bridgehead atoms. The molecular formula is C11H12FN3O4S. The van der Waals surface area contributed by atoms with Crippen LogP contribution < -0.4 is 0 Å². The number of hydrogen-bond donors (Lipinski definition) is 0. The highest BCUT2D eigenvalue weighted by Crippen LogP contribution is 2.26. The highest BCUT2D eigenvalue weighted by atomic mass is 32.2. The van der Waals surface area contributed by atoms with Crippen LogP contribution in [0.4, 0.5) is 10.1 Å². The lowest BCUT2D eigenvalue weighted by Gasteiger charge is -2.16. The van der Waals surface area contributed by atoms with Crippen LogP contribution in [0.1, 0.15) is 12.0 Å². The lowest BCUT2D eigenvalue weighted by molar-refractivity contribution is -0.387. The molecular weight excluding hydrogens is 289 g/mol. The van der Waals surface area contributed by atoms with Crippen molar-refractivity contribution >= 4 is 15.7 Å². The van der Waals surface area contributed by atoms with E-state index in [1.165, 1.54) is 14.0 Å². The minimum Gasteiger partial charge on any atom is -0.258 e. The number of sulfonamides is 1. The molecule has 0 spiro atoms. The molecule has 0 atom stereocenters. The summed E-state index contributed by atoms with van der Waals surface area (Å²) in [6.45, 7) is 1.19. The number of nitriles is 1. The van der Waals surface area contributed by atoms with Gasteiger partial charge in [0.1, 0.15) is 0 Å². The molecule has 0 aliphatic heterocycles. The van der Waals surface area contributed by atoms with Crippen LogP contribution >= 0.6 is 0 Å². The maximum Gasteiger partial charge on any atom is 0.306 e. The maximum atomic E-state index is 13.5. The lowest BCUT2D eigenvalue weighted by atomic mass is 10.2. The van der Waals surface area contributed by atoms with E-state index in [4.69, 9.17) is 5.26 Å². The number of hydrogen-bond acceptors (Lipinski definition) is 5. The fourth-order valence-electron chi connectivity index (χ4n) is 1.51. The summed E-state index contributed by atoms with van der Waals surface area (Å²) >= 11 is 0. The molecule has 0 N–H and O–H groups in total. The highest BCUT2D eigenvalue weighted by Gasteiger charge is 2.26. The van der Waals surface area contributed by atoms with Gasteiger partial charge in [-0.05, 0) is 18.6 Å². The number of rotatable bonds is 5. The van der Waals surface area contributed by atoms with Crippen LogP contribution in [0.5, 0.6) is 0 Å². The molecule has 0 radical (unpaired) electrons. The molecule has 0 amide bonds. The molecule has 1 rings (SSSR count). The van der Waals surface area contributed by atoms with Gasteiger partial charge in [-0.1, -0.05) is 0 Å². The fourth-order valence-corrected chi connectivity index (χ4v) is 2.79. The van der Waals surface area contributed by atoms with Crippen LogP contribution in [-0.2, 0) is 10.0 Å². The Hall–Kier alpha value is -2.05. The third kappa shape index (κ3) is 3.09. The van der Waals surface area contributed by atoms with Crippen LogP contribution in [0.25, 0.3) is 0 Å². The van der Waals surface area contributed by atoms with Gasteiger partial charge in [-0.2, -0.15) is 14.0 Å². The monoisotopic (exact) mass is 301 g/mol. The second-order valence-electron chi connectivity index (χ2n) is 4.07. The maximum absolute atomic E-state index is 13.5. The van der Waals surface area contributed by atoms with E-state index in [1.807, 2.05) is 0 Å². The SMILES string of the molecule is Cc1cc(S(=O)(=O)N(C)CCC#N)cc([N+](=O)[O-])c1F. The van der Waals surface area contributed by atoms with Gasteiger partial charge in [0.25, 0.3) is 0 Å². The summed E-state index contributed by atoms with van der Waals surface area (Å²) in [7, 11) is -2.75. The normalized spacial score (nSPS) is 11.3. The van der Waals surface area contributed by atoms with Crippen LogP contribution in [0, 0.1) is 34.2 Å². The van der Waals surface area contributed by atoms with Crippen molar-refractivity contribution in [3.05, 3.63) is 33.6 Å². The number of nitrogens with zero attached hydrogens (tertiary/aromatic N) is 3. The van der Waals surface area contributed by atoms with E-state index >= 15 is 0 Å². The van der Waals surface area contributed by atoms with Gasteiger partial charge in [-0.25, -0.2) is 8.42 Å². The summed E-state index contributed by atoms with van der Waals surface area (Å²) in [5.74, 6) is -1.06. The van der Waals surface area contributed by atoms with Gasteiger partial charge in [0.05, 0.1) is 15.9 Å². The van der Waals surface area contributed by atoms with Gasteiger partial charge < -0.3 is 0 Å². The summed E-state index contributed by atoms with van der Waals surface area (Å²) in [5.41, 5.74) is -1.02. The zero-order valence-electron chi connectivity index (χ0n) is 10.8. The van der Waals surface area contributed by atoms with Crippen molar-refractivity contribution in [1.29, 1.82) is 5.26 Å². The van der Waals surface area contributed by atoms with Gasteiger partial charge in [0.2, 0.25) is 15.8 Å². The smallest absolute Gasteiger partial charge is 0.258 e. The summed E-state index contributed by atoms with van der Waals surface area (Å²) in [5, 5.41) is 19.1. The Bertz CT molecular complexity index is 682. The quantitative estimate of drug-likeness (QED) is 0.606. The van der Waals surface area contributed by atoms with E-state index in [0.717, 1.165) is 10.4 Å². The Morgan fingerprint density at radius 3 is 2.60 bits per heavy atom. The molecule has 0 saturated heterocycles. The number of benzene rings is 1. The second kappa shape index (κ2) is 5.94. The highest BCUT2D eigenvalue weighted by molar-refractivity contribution is 7.89. The fraction of sp³-hybridized carbons (Fsp3) is 0.364. The van der Waals surface area contributed by atoms with Crippen LogP contribution in [0.2, 0.25) is 0 Å². The van der Waals surface area contributed by atoms with Gasteiger partial charge in [0.15, 0.2) is 0 Å². The minimum absolute atomic E-state index is 0.0159. The van der Waals surface area contributed by atoms with Crippen molar-refractivity contribution in [3.63, 3.8) is 0 Å². The Morgan fingerprint density at radius 2 is 2.10 bits per heavy atom. The van der Waals surface area contributed by atoms with Crippen molar-refractivity contribution in [3.8, 4) is 6.07 Å². The van der Waals surface area contributed by atoms with Gasteiger partial charge >= 0.3 is 5.69 Å². The zero-order chi connectivity index (χ0) is 15.5. The molecule has 9 heteroatoms. The third-order valence-electron chi connectivity index (χ3n) is 2.65. The molecule has 0 aromatic heterocycles. The standard InChI is InChI=1S/C11H12FN3O4S/c1-8-6-9(7-10(11(8)12)15(16)17)20(18,19)14(2)5-3-4-13/h6-7H,3,5H2,1-2H3. The molecule has 0 aliphatic rings. The first-order chi connectivity index (χ1) is 9.21. The molecule has 1 aromatic rings. The summed E-state index contributed by atoms with van der Waals surface area (Å²) in [4.78, 5) is 9.36. The Kier molecular flexibility index (Phi) is 4.75. The molecule has 108 valence electrons. The lowest BCUT2D eigenvalue weighted by Crippen LogP contribution is -2.28. The van der Waals surface area contributed by atoms with Gasteiger partial charge in [-0.3, -0.25) is 10.1 Å². The molecule has 7 nitrogen and oxygen atoms in total. The summed E-state index contributed by atoms with van der Waals surface area (Å²) in [6, 6.07) is 3.51. The van der Waals surface area contributed by atoms with Crippen molar-refractivity contribution in [2.75, 3.05) is 13.6 Å². The number of aryl methyl sites for hydroxylation is 1. The predicted molar refractivity (Wildman–Crippen MR) is 67.8 cm³/mol. The molecule has 0 heterocycles. The Labute approximate surface area is 115 Å². The van der Waals surface area contributed by atoms with Gasteiger partial charge in [-0.15, -0.1) is 0 Å². The topological polar surface area (TPSA) is 104 Å². The Balaban J connectivity index is 3.33. The third-order valence-corrected chi connectivity index (χ3v) is 4.49. The van der Waals surface area contributed by atoms with Crippen molar-refractivity contribution in [2.45, 2.75) is 18.2 Å². The molecule has 0 aliphatic carbocycles. The summed E-state index contributed by atoms with van der Waals surface area (Å²) in [6.07, 6.45) is -0.0159.